The average molecular weight is 375 g/mol. The smallest absolute Gasteiger partial charge is 0.254 e. The molecular formula is C19H17N7O2. The van der Waals surface area contributed by atoms with Crippen molar-refractivity contribution in [2.75, 3.05) is 10.6 Å². The van der Waals surface area contributed by atoms with Gasteiger partial charge in [-0.3, -0.25) is 19.9 Å². The fourth-order valence-corrected chi connectivity index (χ4v) is 3.08. The first kappa shape index (κ1) is 16.4. The first-order valence-corrected chi connectivity index (χ1v) is 9.03. The van der Waals surface area contributed by atoms with Gasteiger partial charge in [-0.2, -0.15) is 9.61 Å². The highest BCUT2D eigenvalue weighted by Gasteiger charge is 2.25. The molecule has 0 bridgehead atoms. The van der Waals surface area contributed by atoms with Gasteiger partial charge in [-0.15, -0.1) is 0 Å². The molecule has 2 fully saturated rings. The zero-order chi connectivity index (χ0) is 19.1. The lowest BCUT2D eigenvalue weighted by molar-refractivity contribution is -0.124. The summed E-state index contributed by atoms with van der Waals surface area (Å²) in [6, 6.07) is 6.07. The van der Waals surface area contributed by atoms with Gasteiger partial charge in [0, 0.05) is 29.4 Å². The number of nitrogens with one attached hydrogen (secondary N) is 3. The molecule has 140 valence electrons. The third kappa shape index (κ3) is 3.18. The molecule has 2 amide bonds. The number of carbonyl (C=O) groups is 2. The van der Waals surface area contributed by atoms with Crippen molar-refractivity contribution in [1.29, 1.82) is 0 Å². The second-order valence-corrected chi connectivity index (χ2v) is 6.87. The van der Waals surface area contributed by atoms with E-state index in [1.54, 1.807) is 29.2 Å². The van der Waals surface area contributed by atoms with E-state index in [0.717, 1.165) is 24.3 Å². The Morgan fingerprint density at radius 3 is 2.86 bits per heavy atom. The lowest BCUT2D eigenvalue weighted by atomic mass is 10.1. The van der Waals surface area contributed by atoms with Crippen molar-refractivity contribution < 1.29 is 9.59 Å². The number of hydrogen-bond acceptors (Lipinski definition) is 7. The molecule has 3 aromatic heterocycles. The molecule has 1 saturated heterocycles. The lowest BCUT2D eigenvalue weighted by Crippen LogP contribution is -2.19. The normalized spacial score (nSPS) is 17.9. The van der Waals surface area contributed by atoms with Gasteiger partial charge in [0.05, 0.1) is 24.5 Å². The van der Waals surface area contributed by atoms with Gasteiger partial charge < -0.3 is 10.6 Å². The number of aromatic nitrogens is 4. The van der Waals surface area contributed by atoms with E-state index in [0.29, 0.717) is 28.6 Å². The minimum Gasteiger partial charge on any atom is -0.367 e. The predicted octanol–water partition coefficient (Wildman–Crippen LogP) is 1.87. The molecule has 3 N–H and O–H groups in total. The van der Waals surface area contributed by atoms with Crippen molar-refractivity contribution in [3.63, 3.8) is 0 Å². The van der Waals surface area contributed by atoms with E-state index in [1.807, 2.05) is 18.2 Å². The zero-order valence-electron chi connectivity index (χ0n) is 14.8. The number of rotatable bonds is 5. The number of amides is 2. The van der Waals surface area contributed by atoms with Crippen LogP contribution in [0.2, 0.25) is 0 Å². The largest absolute Gasteiger partial charge is 0.367 e. The van der Waals surface area contributed by atoms with Crippen molar-refractivity contribution in [3.05, 3.63) is 47.9 Å². The highest BCUT2D eigenvalue weighted by molar-refractivity contribution is 6.15. The van der Waals surface area contributed by atoms with Gasteiger partial charge in [-0.25, -0.2) is 4.98 Å². The minimum atomic E-state index is -0.370. The molecule has 0 aromatic carbocycles. The van der Waals surface area contributed by atoms with Gasteiger partial charge in [-0.1, -0.05) is 0 Å². The topological polar surface area (TPSA) is 113 Å². The van der Waals surface area contributed by atoms with Gasteiger partial charge in [0.15, 0.2) is 5.65 Å². The Balaban J connectivity index is 1.58. The number of pyridine rings is 1. The highest BCUT2D eigenvalue weighted by atomic mass is 16.2. The van der Waals surface area contributed by atoms with Crippen molar-refractivity contribution in [2.45, 2.75) is 25.3 Å². The summed E-state index contributed by atoms with van der Waals surface area (Å²) in [6.45, 7) is 0. The average Bonchev–Trinajstić information content (AvgIpc) is 3.32. The van der Waals surface area contributed by atoms with Crippen LogP contribution in [-0.2, 0) is 9.59 Å². The molecule has 1 saturated carbocycles. The molecule has 1 aliphatic carbocycles. The Morgan fingerprint density at radius 1 is 1.25 bits per heavy atom. The van der Waals surface area contributed by atoms with E-state index >= 15 is 0 Å². The summed E-state index contributed by atoms with van der Waals surface area (Å²) in [5.41, 5.74) is 2.49. The Labute approximate surface area is 159 Å². The summed E-state index contributed by atoms with van der Waals surface area (Å²) >= 11 is 0. The minimum absolute atomic E-state index is 0.0664. The first-order valence-electron chi connectivity index (χ1n) is 9.03. The first-order chi connectivity index (χ1) is 13.7. The van der Waals surface area contributed by atoms with Crippen LogP contribution in [-0.4, -0.2) is 37.4 Å². The Morgan fingerprint density at radius 2 is 2.14 bits per heavy atom. The zero-order valence-corrected chi connectivity index (χ0v) is 14.8. The van der Waals surface area contributed by atoms with E-state index in [4.69, 9.17) is 0 Å². The molecule has 9 nitrogen and oxygen atoms in total. The van der Waals surface area contributed by atoms with Crippen LogP contribution in [0.5, 0.6) is 0 Å². The van der Waals surface area contributed by atoms with E-state index in [1.165, 1.54) is 0 Å². The van der Waals surface area contributed by atoms with E-state index in [9.17, 15) is 9.59 Å². The van der Waals surface area contributed by atoms with E-state index < -0.39 is 0 Å². The van der Waals surface area contributed by atoms with Crippen LogP contribution in [0.15, 0.2) is 42.4 Å². The van der Waals surface area contributed by atoms with Crippen molar-refractivity contribution >= 4 is 40.9 Å². The van der Waals surface area contributed by atoms with Crippen molar-refractivity contribution in [2.24, 2.45) is 0 Å². The van der Waals surface area contributed by atoms with Crippen LogP contribution in [0.25, 0.3) is 11.7 Å². The molecule has 1 aliphatic heterocycles. The van der Waals surface area contributed by atoms with Gasteiger partial charge >= 0.3 is 0 Å². The van der Waals surface area contributed by atoms with Crippen LogP contribution in [0.3, 0.4) is 0 Å². The quantitative estimate of drug-likeness (QED) is 0.461. The molecule has 5 rings (SSSR count). The van der Waals surface area contributed by atoms with Crippen LogP contribution >= 0.6 is 0 Å². The van der Waals surface area contributed by atoms with Gasteiger partial charge in [-0.05, 0) is 31.1 Å². The maximum atomic E-state index is 11.9. The van der Waals surface area contributed by atoms with Gasteiger partial charge in [0.25, 0.3) is 5.91 Å². The number of imide groups is 1. The molecule has 3 aromatic rings. The second-order valence-electron chi connectivity index (χ2n) is 6.87. The third-order valence-corrected chi connectivity index (χ3v) is 4.59. The maximum Gasteiger partial charge on any atom is 0.254 e. The summed E-state index contributed by atoms with van der Waals surface area (Å²) in [5, 5.41) is 13.4. The second kappa shape index (κ2) is 6.45. The van der Waals surface area contributed by atoms with Gasteiger partial charge in [0.1, 0.15) is 11.6 Å². The van der Waals surface area contributed by atoms with Crippen LogP contribution in [0, 0.1) is 0 Å². The fourth-order valence-electron chi connectivity index (χ4n) is 3.08. The molecular weight excluding hydrogens is 358 g/mol. The number of carbonyl (C=O) groups excluding carboxylic acids is 2. The number of fused-ring (bicyclic) bond motifs is 1. The number of nitrogens with zero attached hydrogens (tertiary/aromatic N) is 4. The Bertz CT molecular complexity index is 1120. The van der Waals surface area contributed by atoms with E-state index in [2.05, 4.69) is 31.0 Å². The number of anilines is 3. The molecule has 0 unspecified atom stereocenters. The standard InChI is InChI=1S/C19H17N7O2/c27-17-7-11(19(28)25-17)6-12-9-21-26-16(23-13-3-4-13)8-15(24-18(12)26)22-14-2-1-5-20-10-14/h1-2,5-6,8-10,13,23H,3-4,7H2,(H,22,24)(H,25,27,28)/b11-6+. The molecule has 4 heterocycles. The molecule has 0 atom stereocenters. The fraction of sp³-hybridized carbons (Fsp3) is 0.211. The predicted molar refractivity (Wildman–Crippen MR) is 103 cm³/mol. The van der Waals surface area contributed by atoms with Crippen molar-refractivity contribution in [1.82, 2.24) is 24.9 Å². The highest BCUT2D eigenvalue weighted by Crippen LogP contribution is 2.28. The summed E-state index contributed by atoms with van der Waals surface area (Å²) in [5.74, 6) is 0.785. The van der Waals surface area contributed by atoms with Crippen LogP contribution < -0.4 is 16.0 Å². The number of hydrogen-bond donors (Lipinski definition) is 3. The molecule has 0 radical (unpaired) electrons. The van der Waals surface area contributed by atoms with Crippen LogP contribution in [0.4, 0.5) is 17.3 Å². The summed E-state index contributed by atoms with van der Waals surface area (Å²) < 4.78 is 1.72. The summed E-state index contributed by atoms with van der Waals surface area (Å²) in [4.78, 5) is 32.1. The van der Waals surface area contributed by atoms with Crippen molar-refractivity contribution in [3.8, 4) is 0 Å². The maximum absolute atomic E-state index is 11.9. The summed E-state index contributed by atoms with van der Waals surface area (Å²) in [6.07, 6.45) is 9.05. The molecule has 28 heavy (non-hydrogen) atoms. The van der Waals surface area contributed by atoms with Gasteiger partial charge in [0.2, 0.25) is 5.91 Å². The molecule has 9 heteroatoms. The van der Waals surface area contributed by atoms with Crippen LogP contribution in [0.1, 0.15) is 24.8 Å². The third-order valence-electron chi connectivity index (χ3n) is 4.59. The lowest BCUT2D eigenvalue weighted by Gasteiger charge is -2.11. The Kier molecular flexibility index (Phi) is 3.78. The monoisotopic (exact) mass is 375 g/mol. The SMILES string of the molecule is O=C1C/C(=C\c2cnn3c(NC4CC4)cc(Nc4cccnc4)nc23)C(=O)N1. The molecule has 2 aliphatic rings. The summed E-state index contributed by atoms with van der Waals surface area (Å²) in [7, 11) is 0. The van der Waals surface area contributed by atoms with E-state index in [-0.39, 0.29) is 18.2 Å². The molecule has 0 spiro atoms. The Hall–Kier alpha value is -3.75.